The summed E-state index contributed by atoms with van der Waals surface area (Å²) in [4.78, 5) is 18.7. The Bertz CT molecular complexity index is 812. The summed E-state index contributed by atoms with van der Waals surface area (Å²) in [6.07, 6.45) is 6.36. The van der Waals surface area contributed by atoms with Gasteiger partial charge in [-0.2, -0.15) is 0 Å². The van der Waals surface area contributed by atoms with E-state index in [2.05, 4.69) is 9.97 Å². The molecule has 0 fully saturated rings. The first-order chi connectivity index (χ1) is 11.2. The number of fused-ring (bicyclic) bond motifs is 1. The van der Waals surface area contributed by atoms with Crippen molar-refractivity contribution in [3.05, 3.63) is 54.5 Å². The summed E-state index contributed by atoms with van der Waals surface area (Å²) in [7, 11) is 0. The number of nitrogens with two attached hydrogens (primary N) is 1. The van der Waals surface area contributed by atoms with Crippen molar-refractivity contribution in [1.29, 1.82) is 0 Å². The molecule has 0 spiro atoms. The zero-order valence-electron chi connectivity index (χ0n) is 12.7. The fraction of sp³-hybridized carbons (Fsp3) is 0.222. The molecule has 0 saturated carbocycles. The molecule has 0 amide bonds. The Balaban J connectivity index is 2.07. The van der Waals surface area contributed by atoms with Gasteiger partial charge in [0.1, 0.15) is 0 Å². The SMILES string of the molecule is NCCC(Cc1c[nH]c2cccc(-c3ccncc3)c12)C(=O)O. The zero-order valence-corrected chi connectivity index (χ0v) is 12.7. The van der Waals surface area contributed by atoms with Crippen molar-refractivity contribution < 1.29 is 9.90 Å². The average molecular weight is 309 g/mol. The van der Waals surface area contributed by atoms with E-state index in [0.29, 0.717) is 19.4 Å². The molecular weight excluding hydrogens is 290 g/mol. The average Bonchev–Trinajstić information content (AvgIpc) is 2.98. The van der Waals surface area contributed by atoms with E-state index in [-0.39, 0.29) is 0 Å². The number of carboxylic acid groups (broad SMARTS) is 1. The minimum atomic E-state index is -0.800. The zero-order chi connectivity index (χ0) is 16.2. The van der Waals surface area contributed by atoms with Crippen LogP contribution in [0, 0.1) is 5.92 Å². The second kappa shape index (κ2) is 6.62. The molecule has 2 aromatic heterocycles. The van der Waals surface area contributed by atoms with Crippen LogP contribution in [0.3, 0.4) is 0 Å². The second-order valence-electron chi connectivity index (χ2n) is 5.59. The van der Waals surface area contributed by atoms with Crippen molar-refractivity contribution in [1.82, 2.24) is 9.97 Å². The van der Waals surface area contributed by atoms with E-state index in [0.717, 1.165) is 27.6 Å². The van der Waals surface area contributed by atoms with E-state index in [4.69, 9.17) is 5.73 Å². The van der Waals surface area contributed by atoms with Crippen LogP contribution >= 0.6 is 0 Å². The molecule has 0 bridgehead atoms. The fourth-order valence-electron chi connectivity index (χ4n) is 2.97. The van der Waals surface area contributed by atoms with E-state index in [1.54, 1.807) is 12.4 Å². The molecule has 0 aliphatic heterocycles. The molecular formula is C18H19N3O2. The summed E-state index contributed by atoms with van der Waals surface area (Å²) in [5.74, 6) is -1.27. The first-order valence-corrected chi connectivity index (χ1v) is 7.63. The number of carbonyl (C=O) groups is 1. The van der Waals surface area contributed by atoms with E-state index in [1.165, 1.54) is 0 Å². The lowest BCUT2D eigenvalue weighted by molar-refractivity contribution is -0.141. The van der Waals surface area contributed by atoms with Crippen molar-refractivity contribution >= 4 is 16.9 Å². The molecule has 0 radical (unpaired) electrons. The quantitative estimate of drug-likeness (QED) is 0.653. The Labute approximate surface area is 134 Å². The molecule has 4 N–H and O–H groups in total. The molecule has 0 saturated heterocycles. The normalized spacial score (nSPS) is 12.4. The van der Waals surface area contributed by atoms with Crippen LogP contribution in [0.25, 0.3) is 22.0 Å². The van der Waals surface area contributed by atoms with Crippen LogP contribution in [0.2, 0.25) is 0 Å². The third kappa shape index (κ3) is 3.10. The summed E-state index contributed by atoms with van der Waals surface area (Å²) in [6, 6.07) is 9.96. The number of aromatic nitrogens is 2. The number of benzene rings is 1. The maximum Gasteiger partial charge on any atom is 0.306 e. The van der Waals surface area contributed by atoms with Gasteiger partial charge in [-0.05, 0) is 54.3 Å². The number of H-pyrrole nitrogens is 1. The summed E-state index contributed by atoms with van der Waals surface area (Å²) in [6.45, 7) is 0.372. The van der Waals surface area contributed by atoms with Gasteiger partial charge in [0.2, 0.25) is 0 Å². The Morgan fingerprint density at radius 2 is 2.04 bits per heavy atom. The molecule has 3 rings (SSSR count). The fourth-order valence-corrected chi connectivity index (χ4v) is 2.97. The number of aliphatic carboxylic acids is 1. The third-order valence-electron chi connectivity index (χ3n) is 4.11. The Kier molecular flexibility index (Phi) is 4.39. The topological polar surface area (TPSA) is 92.0 Å². The first kappa shape index (κ1) is 15.2. The molecule has 3 aromatic rings. The van der Waals surface area contributed by atoms with Crippen molar-refractivity contribution in [2.75, 3.05) is 6.54 Å². The molecule has 118 valence electrons. The molecule has 1 atom stereocenters. The van der Waals surface area contributed by atoms with Gasteiger partial charge in [-0.3, -0.25) is 9.78 Å². The Hall–Kier alpha value is -2.66. The van der Waals surface area contributed by atoms with Crippen LogP contribution in [0.5, 0.6) is 0 Å². The minimum Gasteiger partial charge on any atom is -0.481 e. The number of rotatable bonds is 6. The Morgan fingerprint density at radius 3 is 2.74 bits per heavy atom. The molecule has 1 aromatic carbocycles. The van der Waals surface area contributed by atoms with Crippen LogP contribution in [-0.2, 0) is 11.2 Å². The predicted octanol–water partition coefficient (Wildman–Crippen LogP) is 2.82. The van der Waals surface area contributed by atoms with E-state index in [9.17, 15) is 9.90 Å². The summed E-state index contributed by atoms with van der Waals surface area (Å²) in [5, 5.41) is 10.5. The highest BCUT2D eigenvalue weighted by molar-refractivity contribution is 5.97. The molecule has 1 unspecified atom stereocenters. The van der Waals surface area contributed by atoms with Gasteiger partial charge in [-0.25, -0.2) is 0 Å². The van der Waals surface area contributed by atoms with Gasteiger partial charge >= 0.3 is 5.97 Å². The lowest BCUT2D eigenvalue weighted by Crippen LogP contribution is -2.20. The highest BCUT2D eigenvalue weighted by Gasteiger charge is 2.20. The van der Waals surface area contributed by atoms with Gasteiger partial charge in [0.05, 0.1) is 5.92 Å². The smallest absolute Gasteiger partial charge is 0.306 e. The van der Waals surface area contributed by atoms with Gasteiger partial charge in [0, 0.05) is 29.5 Å². The molecule has 5 nitrogen and oxygen atoms in total. The summed E-state index contributed by atoms with van der Waals surface area (Å²) >= 11 is 0. The highest BCUT2D eigenvalue weighted by Crippen LogP contribution is 2.32. The van der Waals surface area contributed by atoms with E-state index in [1.807, 2.05) is 36.5 Å². The van der Waals surface area contributed by atoms with Gasteiger partial charge in [0.25, 0.3) is 0 Å². The first-order valence-electron chi connectivity index (χ1n) is 7.63. The highest BCUT2D eigenvalue weighted by atomic mass is 16.4. The van der Waals surface area contributed by atoms with Crippen LogP contribution < -0.4 is 5.73 Å². The van der Waals surface area contributed by atoms with Crippen LogP contribution in [-0.4, -0.2) is 27.6 Å². The molecule has 2 heterocycles. The number of pyridine rings is 1. The number of hydrogen-bond acceptors (Lipinski definition) is 3. The van der Waals surface area contributed by atoms with E-state index >= 15 is 0 Å². The van der Waals surface area contributed by atoms with Gasteiger partial charge < -0.3 is 15.8 Å². The van der Waals surface area contributed by atoms with Crippen LogP contribution in [0.1, 0.15) is 12.0 Å². The van der Waals surface area contributed by atoms with Crippen molar-refractivity contribution in [2.45, 2.75) is 12.8 Å². The molecule has 23 heavy (non-hydrogen) atoms. The largest absolute Gasteiger partial charge is 0.481 e. The van der Waals surface area contributed by atoms with Gasteiger partial charge in [-0.15, -0.1) is 0 Å². The van der Waals surface area contributed by atoms with Crippen molar-refractivity contribution in [2.24, 2.45) is 11.7 Å². The molecule has 0 aliphatic rings. The second-order valence-corrected chi connectivity index (χ2v) is 5.59. The number of hydrogen-bond donors (Lipinski definition) is 3. The maximum absolute atomic E-state index is 11.4. The minimum absolute atomic E-state index is 0.372. The predicted molar refractivity (Wildman–Crippen MR) is 90.0 cm³/mol. The summed E-state index contributed by atoms with van der Waals surface area (Å²) < 4.78 is 0. The van der Waals surface area contributed by atoms with E-state index < -0.39 is 11.9 Å². The number of carboxylic acids is 1. The monoisotopic (exact) mass is 309 g/mol. The van der Waals surface area contributed by atoms with Crippen LogP contribution in [0.15, 0.2) is 48.9 Å². The number of nitrogens with zero attached hydrogens (tertiary/aromatic N) is 1. The third-order valence-corrected chi connectivity index (χ3v) is 4.11. The van der Waals surface area contributed by atoms with Crippen molar-refractivity contribution in [3.8, 4) is 11.1 Å². The standard InChI is InChI=1S/C18H19N3O2/c19-7-4-13(18(22)23)10-14-11-21-16-3-1-2-15(17(14)16)12-5-8-20-9-6-12/h1-3,5-6,8-9,11,13,21H,4,7,10,19H2,(H,22,23). The number of nitrogens with one attached hydrogen (secondary N) is 1. The van der Waals surface area contributed by atoms with Gasteiger partial charge in [0.15, 0.2) is 0 Å². The van der Waals surface area contributed by atoms with Crippen LogP contribution in [0.4, 0.5) is 0 Å². The summed E-state index contributed by atoms with van der Waals surface area (Å²) in [5.41, 5.74) is 9.71. The van der Waals surface area contributed by atoms with Crippen molar-refractivity contribution in [3.63, 3.8) is 0 Å². The van der Waals surface area contributed by atoms with Gasteiger partial charge in [-0.1, -0.05) is 12.1 Å². The maximum atomic E-state index is 11.4. The lowest BCUT2D eigenvalue weighted by Gasteiger charge is -2.12. The Morgan fingerprint density at radius 1 is 1.26 bits per heavy atom. The number of aromatic amines is 1. The molecule has 5 heteroatoms. The lowest BCUT2D eigenvalue weighted by atomic mass is 9.93. The molecule has 0 aliphatic carbocycles.